The Morgan fingerprint density at radius 3 is 2.65 bits per heavy atom. The highest BCUT2D eigenvalue weighted by atomic mass is 16.1. The topological polar surface area (TPSA) is 85.6 Å². The molecule has 1 N–H and O–H groups in total. The second-order valence-electron chi connectivity index (χ2n) is 8.66. The van der Waals surface area contributed by atoms with Crippen LogP contribution in [0.3, 0.4) is 0 Å². The number of carbonyl (C=O) groups is 1. The van der Waals surface area contributed by atoms with Crippen LogP contribution in [-0.4, -0.2) is 37.2 Å². The van der Waals surface area contributed by atoms with Gasteiger partial charge in [0.25, 0.3) is 5.91 Å². The first kappa shape index (κ1) is 21.2. The van der Waals surface area contributed by atoms with Gasteiger partial charge in [0.1, 0.15) is 5.82 Å². The molecule has 1 saturated carbocycles. The minimum Gasteiger partial charge on any atom is -0.352 e. The summed E-state index contributed by atoms with van der Waals surface area (Å²) in [6, 6.07) is 6.18. The lowest BCUT2D eigenvalue weighted by molar-refractivity contribution is 0.0942. The number of pyridine rings is 1. The van der Waals surface area contributed by atoms with Gasteiger partial charge in [-0.2, -0.15) is 5.10 Å². The van der Waals surface area contributed by atoms with Crippen LogP contribution in [0, 0.1) is 12.8 Å². The minimum absolute atomic E-state index is 0.0436. The van der Waals surface area contributed by atoms with Crippen LogP contribution >= 0.6 is 0 Å². The first-order chi connectivity index (χ1) is 15.0. The molecule has 31 heavy (non-hydrogen) atoms. The fourth-order valence-electron chi connectivity index (χ4n) is 4.23. The number of rotatable bonds is 6. The van der Waals surface area contributed by atoms with Crippen LogP contribution in [-0.2, 0) is 0 Å². The Morgan fingerprint density at radius 2 is 1.97 bits per heavy atom. The van der Waals surface area contributed by atoms with Crippen LogP contribution in [0.15, 0.2) is 43.0 Å². The van der Waals surface area contributed by atoms with Crippen molar-refractivity contribution in [3.8, 4) is 11.3 Å². The first-order valence-corrected chi connectivity index (χ1v) is 11.1. The highest BCUT2D eigenvalue weighted by Gasteiger charge is 2.26. The van der Waals surface area contributed by atoms with Gasteiger partial charge in [-0.3, -0.25) is 14.5 Å². The van der Waals surface area contributed by atoms with Crippen LogP contribution in [0.1, 0.15) is 73.4 Å². The van der Waals surface area contributed by atoms with E-state index >= 15 is 0 Å². The van der Waals surface area contributed by atoms with E-state index in [1.165, 1.54) is 0 Å². The van der Waals surface area contributed by atoms with Gasteiger partial charge >= 0.3 is 0 Å². The van der Waals surface area contributed by atoms with E-state index in [4.69, 9.17) is 4.98 Å². The molecule has 1 aliphatic carbocycles. The second kappa shape index (κ2) is 9.37. The van der Waals surface area contributed by atoms with Gasteiger partial charge in [-0.15, -0.1) is 0 Å². The van der Waals surface area contributed by atoms with Crippen molar-refractivity contribution in [1.29, 1.82) is 0 Å². The van der Waals surface area contributed by atoms with Crippen molar-refractivity contribution in [2.45, 2.75) is 58.4 Å². The third kappa shape index (κ3) is 4.98. The summed E-state index contributed by atoms with van der Waals surface area (Å²) in [5, 5.41) is 7.35. The molecule has 0 aromatic carbocycles. The molecule has 3 heterocycles. The van der Waals surface area contributed by atoms with Crippen LogP contribution in [0.2, 0.25) is 0 Å². The van der Waals surface area contributed by atoms with Crippen molar-refractivity contribution in [3.63, 3.8) is 0 Å². The zero-order chi connectivity index (χ0) is 21.8. The third-order valence-corrected chi connectivity index (χ3v) is 6.06. The standard InChI is InChI=1S/C24H30N6O/c1-16(2)30-15-20(13-28-30)24(31)27-12-18-7-9-19(10-8-18)23-21(14-26-17(3)29-23)22-6-4-5-11-25-22/h4-6,11,13-16,18-19H,7-10,12H2,1-3H3,(H,27,31). The van der Waals surface area contributed by atoms with Crippen molar-refractivity contribution < 1.29 is 4.79 Å². The summed E-state index contributed by atoms with van der Waals surface area (Å²) >= 11 is 0. The molecule has 4 rings (SSSR count). The molecule has 0 bridgehead atoms. The zero-order valence-electron chi connectivity index (χ0n) is 18.5. The highest BCUT2D eigenvalue weighted by Crippen LogP contribution is 2.38. The number of aromatic nitrogens is 5. The second-order valence-corrected chi connectivity index (χ2v) is 8.66. The van der Waals surface area contributed by atoms with Gasteiger partial charge in [0, 0.05) is 42.7 Å². The SMILES string of the molecule is Cc1ncc(-c2ccccn2)c(C2CCC(CNC(=O)c3cnn(C(C)C)c3)CC2)n1. The normalized spacial score (nSPS) is 18.8. The summed E-state index contributed by atoms with van der Waals surface area (Å²) in [4.78, 5) is 26.2. The fraction of sp³-hybridized carbons (Fsp3) is 0.458. The van der Waals surface area contributed by atoms with E-state index in [1.54, 1.807) is 6.20 Å². The Kier molecular flexibility index (Phi) is 6.39. The molecule has 7 heteroatoms. The van der Waals surface area contributed by atoms with Crippen LogP contribution in [0.4, 0.5) is 0 Å². The molecule has 0 saturated heterocycles. The Hall–Kier alpha value is -3.09. The monoisotopic (exact) mass is 418 g/mol. The predicted molar refractivity (Wildman–Crippen MR) is 120 cm³/mol. The molecule has 0 atom stereocenters. The number of hydrogen-bond acceptors (Lipinski definition) is 5. The lowest BCUT2D eigenvalue weighted by Gasteiger charge is -2.29. The maximum atomic E-state index is 12.5. The van der Waals surface area contributed by atoms with E-state index in [2.05, 4.69) is 20.4 Å². The lowest BCUT2D eigenvalue weighted by Crippen LogP contribution is -2.31. The summed E-state index contributed by atoms with van der Waals surface area (Å²) in [5.74, 6) is 1.64. The number of aryl methyl sites for hydroxylation is 1. The summed E-state index contributed by atoms with van der Waals surface area (Å²) in [6.07, 6.45) is 11.4. The largest absolute Gasteiger partial charge is 0.352 e. The molecule has 0 spiro atoms. The fourth-order valence-corrected chi connectivity index (χ4v) is 4.23. The summed E-state index contributed by atoms with van der Waals surface area (Å²) in [7, 11) is 0. The van der Waals surface area contributed by atoms with E-state index in [9.17, 15) is 4.79 Å². The molecule has 0 radical (unpaired) electrons. The Bertz CT molecular complexity index is 1020. The zero-order valence-corrected chi connectivity index (χ0v) is 18.5. The van der Waals surface area contributed by atoms with E-state index in [0.29, 0.717) is 23.9 Å². The number of carbonyl (C=O) groups excluding carboxylic acids is 1. The molecular weight excluding hydrogens is 388 g/mol. The third-order valence-electron chi connectivity index (χ3n) is 6.06. The van der Waals surface area contributed by atoms with Crippen molar-refractivity contribution >= 4 is 5.91 Å². The molecule has 162 valence electrons. The smallest absolute Gasteiger partial charge is 0.254 e. The maximum absolute atomic E-state index is 12.5. The number of nitrogens with zero attached hydrogens (tertiary/aromatic N) is 5. The van der Waals surface area contributed by atoms with Gasteiger partial charge in [0.05, 0.1) is 23.1 Å². The maximum Gasteiger partial charge on any atom is 0.254 e. The van der Waals surface area contributed by atoms with Gasteiger partial charge in [-0.25, -0.2) is 9.97 Å². The molecule has 1 aliphatic rings. The first-order valence-electron chi connectivity index (χ1n) is 11.1. The van der Waals surface area contributed by atoms with Gasteiger partial charge in [0.15, 0.2) is 0 Å². The van der Waals surface area contributed by atoms with E-state index in [-0.39, 0.29) is 11.9 Å². The highest BCUT2D eigenvalue weighted by molar-refractivity contribution is 5.93. The van der Waals surface area contributed by atoms with Gasteiger partial charge in [0.2, 0.25) is 0 Å². The lowest BCUT2D eigenvalue weighted by atomic mass is 9.79. The van der Waals surface area contributed by atoms with Crippen LogP contribution in [0.5, 0.6) is 0 Å². The Morgan fingerprint density at radius 1 is 1.16 bits per heavy atom. The molecule has 3 aromatic rings. The summed E-state index contributed by atoms with van der Waals surface area (Å²) in [5.41, 5.74) is 3.69. The molecule has 1 amide bonds. The summed E-state index contributed by atoms with van der Waals surface area (Å²) < 4.78 is 1.81. The van der Waals surface area contributed by atoms with Crippen molar-refractivity contribution in [2.75, 3.05) is 6.54 Å². The van der Waals surface area contributed by atoms with Crippen LogP contribution < -0.4 is 5.32 Å². The molecule has 7 nitrogen and oxygen atoms in total. The molecule has 3 aromatic heterocycles. The average molecular weight is 419 g/mol. The van der Waals surface area contributed by atoms with Crippen LogP contribution in [0.25, 0.3) is 11.3 Å². The average Bonchev–Trinajstić information content (AvgIpc) is 3.29. The van der Waals surface area contributed by atoms with Gasteiger partial charge in [-0.05, 0) is 64.5 Å². The molecule has 0 unspecified atom stereocenters. The summed E-state index contributed by atoms with van der Waals surface area (Å²) in [6.45, 7) is 6.74. The number of amides is 1. The van der Waals surface area contributed by atoms with Gasteiger partial charge in [-0.1, -0.05) is 6.07 Å². The van der Waals surface area contributed by atoms with Gasteiger partial charge < -0.3 is 5.32 Å². The van der Waals surface area contributed by atoms with E-state index < -0.39 is 0 Å². The van der Waals surface area contributed by atoms with E-state index in [1.807, 2.05) is 62.2 Å². The number of hydrogen-bond donors (Lipinski definition) is 1. The van der Waals surface area contributed by atoms with Crippen molar-refractivity contribution in [1.82, 2.24) is 30.0 Å². The van der Waals surface area contributed by atoms with E-state index in [0.717, 1.165) is 48.5 Å². The molecule has 1 fully saturated rings. The Labute approximate surface area is 183 Å². The predicted octanol–water partition coefficient (Wildman–Crippen LogP) is 4.33. The Balaban J connectivity index is 1.36. The number of nitrogens with one attached hydrogen (secondary N) is 1. The quantitative estimate of drug-likeness (QED) is 0.644. The van der Waals surface area contributed by atoms with Crippen molar-refractivity contribution in [3.05, 3.63) is 60.1 Å². The molecular formula is C24H30N6O. The van der Waals surface area contributed by atoms with Crippen molar-refractivity contribution in [2.24, 2.45) is 5.92 Å². The minimum atomic E-state index is -0.0436. The molecule has 0 aliphatic heterocycles.